The van der Waals surface area contributed by atoms with Crippen molar-refractivity contribution >= 4 is 17.6 Å². The molecule has 1 heterocycles. The maximum absolute atomic E-state index is 11.9. The first kappa shape index (κ1) is 23.6. The van der Waals surface area contributed by atoms with E-state index in [1.54, 1.807) is 14.2 Å². The van der Waals surface area contributed by atoms with Crippen LogP contribution in [0.1, 0.15) is 36.0 Å². The molecule has 172 valence electrons. The lowest BCUT2D eigenvalue weighted by Crippen LogP contribution is -2.36. The van der Waals surface area contributed by atoms with E-state index in [0.717, 1.165) is 53.5 Å². The average Bonchev–Trinajstić information content (AvgIpc) is 3.24. The summed E-state index contributed by atoms with van der Waals surface area (Å²) in [6.07, 6.45) is 2.43. The Morgan fingerprint density at radius 3 is 2.56 bits per heavy atom. The molecule has 32 heavy (non-hydrogen) atoms. The van der Waals surface area contributed by atoms with Gasteiger partial charge >= 0.3 is 0 Å². The first-order chi connectivity index (χ1) is 15.6. The van der Waals surface area contributed by atoms with Crippen LogP contribution in [-0.4, -0.2) is 45.8 Å². The lowest BCUT2D eigenvalue weighted by molar-refractivity contribution is -0.117. The third-order valence-corrected chi connectivity index (χ3v) is 5.42. The number of nitrogens with one attached hydrogen (secondary N) is 2. The number of hydrogen-bond donors (Lipinski definition) is 2. The number of benzene rings is 2. The Balaban J connectivity index is 1.51. The zero-order chi connectivity index (χ0) is 22.8. The number of amides is 1. The Kier molecular flexibility index (Phi) is 8.92. The summed E-state index contributed by atoms with van der Waals surface area (Å²) < 4.78 is 11.1. The molecule has 0 atom stereocenters. The number of aryl methyl sites for hydroxylation is 1. The second-order valence-electron chi connectivity index (χ2n) is 7.90. The zero-order valence-electron chi connectivity index (χ0n) is 19.3. The largest absolute Gasteiger partial charge is 0.493 e. The first-order valence-corrected chi connectivity index (χ1v) is 11.2. The summed E-state index contributed by atoms with van der Waals surface area (Å²) in [7, 11) is 3.46. The van der Waals surface area contributed by atoms with Crippen LogP contribution in [-0.2, 0) is 22.6 Å². The normalized spacial score (nSPS) is 14.0. The fourth-order valence-electron chi connectivity index (χ4n) is 3.63. The Morgan fingerprint density at radius 2 is 1.88 bits per heavy atom. The number of carbonyl (C=O) groups excluding carboxylic acids is 1. The van der Waals surface area contributed by atoms with Gasteiger partial charge in [0.1, 0.15) is 5.75 Å². The van der Waals surface area contributed by atoms with Gasteiger partial charge in [-0.1, -0.05) is 24.3 Å². The molecule has 0 saturated carbocycles. The summed E-state index contributed by atoms with van der Waals surface area (Å²) in [4.78, 5) is 18.1. The van der Waals surface area contributed by atoms with Crippen LogP contribution < -0.4 is 20.3 Å². The number of guanidine groups is 1. The van der Waals surface area contributed by atoms with Gasteiger partial charge in [0.05, 0.1) is 6.61 Å². The van der Waals surface area contributed by atoms with Crippen LogP contribution in [0, 0.1) is 6.92 Å². The predicted octanol–water partition coefficient (Wildman–Crippen LogP) is 3.40. The summed E-state index contributed by atoms with van der Waals surface area (Å²) in [5.74, 6) is 1.81. The van der Waals surface area contributed by atoms with E-state index in [4.69, 9.17) is 9.47 Å². The van der Waals surface area contributed by atoms with E-state index in [1.807, 2.05) is 29.2 Å². The molecule has 7 nitrogen and oxygen atoms in total. The van der Waals surface area contributed by atoms with E-state index in [9.17, 15) is 4.79 Å². The lowest BCUT2D eigenvalue weighted by atomic mass is 10.1. The van der Waals surface area contributed by atoms with Crippen LogP contribution in [0.2, 0.25) is 0 Å². The van der Waals surface area contributed by atoms with Crippen molar-refractivity contribution < 1.29 is 14.3 Å². The Hall–Kier alpha value is -3.06. The molecule has 1 amide bonds. The Bertz CT molecular complexity index is 912. The van der Waals surface area contributed by atoms with Gasteiger partial charge in [0.15, 0.2) is 5.96 Å². The minimum atomic E-state index is 0.207. The van der Waals surface area contributed by atoms with Crippen molar-refractivity contribution in [3.63, 3.8) is 0 Å². The monoisotopic (exact) mass is 438 g/mol. The molecule has 0 radical (unpaired) electrons. The highest BCUT2D eigenvalue weighted by atomic mass is 16.5. The van der Waals surface area contributed by atoms with E-state index in [1.165, 1.54) is 0 Å². The van der Waals surface area contributed by atoms with Gasteiger partial charge in [0, 0.05) is 64.5 Å². The molecule has 2 aromatic carbocycles. The van der Waals surface area contributed by atoms with E-state index in [2.05, 4.69) is 40.7 Å². The number of nitrogens with zero attached hydrogens (tertiary/aromatic N) is 2. The highest BCUT2D eigenvalue weighted by Crippen LogP contribution is 2.22. The van der Waals surface area contributed by atoms with Gasteiger partial charge in [-0.15, -0.1) is 0 Å². The number of aliphatic imine (C=N–C) groups is 1. The number of anilines is 1. The molecular weight excluding hydrogens is 404 g/mol. The summed E-state index contributed by atoms with van der Waals surface area (Å²) >= 11 is 0. The van der Waals surface area contributed by atoms with Gasteiger partial charge in [-0.3, -0.25) is 9.79 Å². The van der Waals surface area contributed by atoms with Crippen molar-refractivity contribution in [1.82, 2.24) is 10.6 Å². The molecule has 1 aliphatic rings. The van der Waals surface area contributed by atoms with E-state index in [-0.39, 0.29) is 5.91 Å². The molecule has 0 aromatic heterocycles. The van der Waals surface area contributed by atoms with Crippen molar-refractivity contribution in [2.45, 2.75) is 39.3 Å². The van der Waals surface area contributed by atoms with Crippen LogP contribution in [0.15, 0.2) is 47.5 Å². The molecule has 1 fully saturated rings. The molecule has 1 aliphatic heterocycles. The SMILES string of the molecule is CN=C(NCc1ccc(N2CCCC2=O)cc1)NCc1ccc(C)cc1OCCCOC. The van der Waals surface area contributed by atoms with Gasteiger partial charge < -0.3 is 25.0 Å². The van der Waals surface area contributed by atoms with Crippen LogP contribution in [0.25, 0.3) is 0 Å². The maximum Gasteiger partial charge on any atom is 0.227 e. The van der Waals surface area contributed by atoms with Crippen molar-refractivity contribution in [2.75, 3.05) is 38.8 Å². The summed E-state index contributed by atoms with van der Waals surface area (Å²) in [5.41, 5.74) is 4.34. The highest BCUT2D eigenvalue weighted by molar-refractivity contribution is 5.95. The molecule has 2 aromatic rings. The molecule has 0 aliphatic carbocycles. The van der Waals surface area contributed by atoms with Crippen LogP contribution in [0.5, 0.6) is 5.75 Å². The summed E-state index contributed by atoms with van der Waals surface area (Å²) in [6.45, 7) is 5.42. The molecule has 7 heteroatoms. The van der Waals surface area contributed by atoms with Gasteiger partial charge in [-0.05, 0) is 42.7 Å². The van der Waals surface area contributed by atoms with Crippen LogP contribution >= 0.6 is 0 Å². The molecule has 0 bridgehead atoms. The van der Waals surface area contributed by atoms with Crippen molar-refractivity contribution in [2.24, 2.45) is 4.99 Å². The van der Waals surface area contributed by atoms with E-state index >= 15 is 0 Å². The number of ether oxygens (including phenoxy) is 2. The van der Waals surface area contributed by atoms with Crippen molar-refractivity contribution in [1.29, 1.82) is 0 Å². The molecule has 3 rings (SSSR count). The standard InChI is InChI=1S/C25H34N4O3/c1-19-7-10-21(23(16-19)32-15-5-14-31-3)18-28-25(26-2)27-17-20-8-11-22(12-9-20)29-13-4-6-24(29)30/h7-12,16H,4-6,13-15,17-18H2,1-3H3,(H2,26,27,28). The minimum absolute atomic E-state index is 0.207. The molecular formula is C25H34N4O3. The van der Waals surface area contributed by atoms with Gasteiger partial charge in [-0.2, -0.15) is 0 Å². The number of hydrogen-bond acceptors (Lipinski definition) is 4. The molecule has 0 spiro atoms. The van der Waals surface area contributed by atoms with Gasteiger partial charge in [0.2, 0.25) is 5.91 Å². The summed E-state index contributed by atoms with van der Waals surface area (Å²) in [6, 6.07) is 14.3. The minimum Gasteiger partial charge on any atom is -0.493 e. The van der Waals surface area contributed by atoms with Crippen LogP contribution in [0.3, 0.4) is 0 Å². The maximum atomic E-state index is 11.9. The Labute approximate surface area is 190 Å². The fourth-order valence-corrected chi connectivity index (χ4v) is 3.63. The lowest BCUT2D eigenvalue weighted by Gasteiger charge is -2.17. The third kappa shape index (κ3) is 6.72. The van der Waals surface area contributed by atoms with E-state index in [0.29, 0.717) is 32.7 Å². The number of rotatable bonds is 10. The topological polar surface area (TPSA) is 75.2 Å². The molecule has 1 saturated heterocycles. The quantitative estimate of drug-likeness (QED) is 0.338. The van der Waals surface area contributed by atoms with E-state index < -0.39 is 0 Å². The Morgan fingerprint density at radius 1 is 1.09 bits per heavy atom. The van der Waals surface area contributed by atoms with Gasteiger partial charge in [0.25, 0.3) is 0 Å². The second kappa shape index (κ2) is 12.1. The zero-order valence-corrected chi connectivity index (χ0v) is 19.3. The molecule has 2 N–H and O–H groups in total. The third-order valence-electron chi connectivity index (χ3n) is 5.42. The summed E-state index contributed by atoms with van der Waals surface area (Å²) in [5, 5.41) is 6.71. The predicted molar refractivity (Wildman–Crippen MR) is 128 cm³/mol. The van der Waals surface area contributed by atoms with Crippen molar-refractivity contribution in [3.05, 3.63) is 59.2 Å². The second-order valence-corrected chi connectivity index (χ2v) is 7.90. The number of methoxy groups -OCH3 is 1. The van der Waals surface area contributed by atoms with Gasteiger partial charge in [-0.25, -0.2) is 0 Å². The number of carbonyl (C=O) groups is 1. The first-order valence-electron chi connectivity index (χ1n) is 11.2. The fraction of sp³-hybridized carbons (Fsp3) is 0.440. The average molecular weight is 439 g/mol. The van der Waals surface area contributed by atoms with Crippen LogP contribution in [0.4, 0.5) is 5.69 Å². The smallest absolute Gasteiger partial charge is 0.227 e. The highest BCUT2D eigenvalue weighted by Gasteiger charge is 2.21. The van der Waals surface area contributed by atoms with Crippen molar-refractivity contribution in [3.8, 4) is 5.75 Å². The molecule has 0 unspecified atom stereocenters.